The highest BCUT2D eigenvalue weighted by Crippen LogP contribution is 2.45. The lowest BCUT2D eigenvalue weighted by molar-refractivity contribution is 0.544. The standard InChI is InChI=1S/C25H20O2/c1-15-8-11-18(12-9-15)23-19-6-4-5-7-20(19)24(22-13-10-16(2)26-22)25-21(23)14-17(3)27-25/h4-14H,1-3H3. The van der Waals surface area contributed by atoms with Crippen molar-refractivity contribution in [2.75, 3.05) is 0 Å². The SMILES string of the molecule is Cc1ccc(-c2c3ccccc3c(-c3ccc(C)o3)c3oc(C)cc23)cc1. The van der Waals surface area contributed by atoms with Gasteiger partial charge in [0.05, 0.1) is 5.56 Å². The zero-order valence-electron chi connectivity index (χ0n) is 15.7. The Balaban J connectivity index is 1.98. The van der Waals surface area contributed by atoms with Gasteiger partial charge in [-0.25, -0.2) is 0 Å². The summed E-state index contributed by atoms with van der Waals surface area (Å²) in [5.74, 6) is 2.64. The van der Waals surface area contributed by atoms with Crippen LogP contribution in [0.1, 0.15) is 17.1 Å². The Kier molecular flexibility index (Phi) is 3.48. The lowest BCUT2D eigenvalue weighted by Gasteiger charge is -2.13. The molecule has 0 unspecified atom stereocenters. The predicted octanol–water partition coefficient (Wildman–Crippen LogP) is 7.44. The van der Waals surface area contributed by atoms with Gasteiger partial charge in [-0.15, -0.1) is 0 Å². The third kappa shape index (κ3) is 2.48. The Morgan fingerprint density at radius 2 is 1.30 bits per heavy atom. The number of rotatable bonds is 2. The molecule has 0 aliphatic rings. The van der Waals surface area contributed by atoms with Gasteiger partial charge in [-0.3, -0.25) is 0 Å². The third-order valence-electron chi connectivity index (χ3n) is 5.14. The molecule has 0 bridgehead atoms. The van der Waals surface area contributed by atoms with Crippen LogP contribution < -0.4 is 0 Å². The fourth-order valence-electron chi connectivity index (χ4n) is 3.92. The average molecular weight is 352 g/mol. The molecule has 0 saturated heterocycles. The molecule has 0 spiro atoms. The average Bonchev–Trinajstić information content (AvgIpc) is 3.25. The molecular weight excluding hydrogens is 332 g/mol. The van der Waals surface area contributed by atoms with Crippen LogP contribution >= 0.6 is 0 Å². The Labute approximate surface area is 158 Å². The molecule has 27 heavy (non-hydrogen) atoms. The molecule has 2 heterocycles. The van der Waals surface area contributed by atoms with Crippen molar-refractivity contribution in [1.82, 2.24) is 0 Å². The van der Waals surface area contributed by atoms with Crippen LogP contribution in [0.4, 0.5) is 0 Å². The first kappa shape index (κ1) is 16.0. The Hall–Kier alpha value is -3.26. The summed E-state index contributed by atoms with van der Waals surface area (Å²) in [6.45, 7) is 6.08. The van der Waals surface area contributed by atoms with Gasteiger partial charge in [0, 0.05) is 10.9 Å². The molecule has 5 rings (SSSR count). The summed E-state index contributed by atoms with van der Waals surface area (Å²) in [5, 5.41) is 3.47. The zero-order valence-corrected chi connectivity index (χ0v) is 15.7. The van der Waals surface area contributed by atoms with E-state index in [9.17, 15) is 0 Å². The van der Waals surface area contributed by atoms with Gasteiger partial charge in [-0.05, 0) is 55.3 Å². The van der Waals surface area contributed by atoms with Crippen molar-refractivity contribution >= 4 is 21.7 Å². The Morgan fingerprint density at radius 1 is 0.593 bits per heavy atom. The molecule has 0 atom stereocenters. The van der Waals surface area contributed by atoms with Crippen LogP contribution in [0.25, 0.3) is 44.2 Å². The Morgan fingerprint density at radius 3 is 1.96 bits per heavy atom. The van der Waals surface area contributed by atoms with Crippen molar-refractivity contribution in [1.29, 1.82) is 0 Å². The van der Waals surface area contributed by atoms with Crippen molar-refractivity contribution in [3.63, 3.8) is 0 Å². The molecule has 3 aromatic carbocycles. The molecule has 0 fully saturated rings. The molecule has 2 heteroatoms. The summed E-state index contributed by atoms with van der Waals surface area (Å²) in [6.07, 6.45) is 0. The van der Waals surface area contributed by atoms with Gasteiger partial charge in [0.2, 0.25) is 0 Å². The predicted molar refractivity (Wildman–Crippen MR) is 111 cm³/mol. The third-order valence-corrected chi connectivity index (χ3v) is 5.14. The summed E-state index contributed by atoms with van der Waals surface area (Å²) in [5.41, 5.74) is 5.58. The monoisotopic (exact) mass is 352 g/mol. The highest BCUT2D eigenvalue weighted by Gasteiger charge is 2.21. The van der Waals surface area contributed by atoms with Crippen LogP contribution in [-0.4, -0.2) is 0 Å². The highest BCUT2D eigenvalue weighted by molar-refractivity contribution is 6.19. The van der Waals surface area contributed by atoms with Gasteiger partial charge in [-0.2, -0.15) is 0 Å². The zero-order chi connectivity index (χ0) is 18.5. The van der Waals surface area contributed by atoms with Crippen molar-refractivity contribution < 1.29 is 8.83 Å². The molecule has 0 aliphatic carbocycles. The lowest BCUT2D eigenvalue weighted by Crippen LogP contribution is -1.88. The van der Waals surface area contributed by atoms with E-state index in [1.165, 1.54) is 22.1 Å². The Bertz CT molecular complexity index is 1280. The molecule has 132 valence electrons. The van der Waals surface area contributed by atoms with Gasteiger partial charge >= 0.3 is 0 Å². The van der Waals surface area contributed by atoms with Gasteiger partial charge < -0.3 is 8.83 Å². The van der Waals surface area contributed by atoms with Crippen LogP contribution in [0, 0.1) is 20.8 Å². The van der Waals surface area contributed by atoms with Gasteiger partial charge in [0.25, 0.3) is 0 Å². The minimum Gasteiger partial charge on any atom is -0.461 e. The molecule has 0 N–H and O–H groups in total. The number of fused-ring (bicyclic) bond motifs is 2. The first-order chi connectivity index (χ1) is 13.1. The molecule has 0 amide bonds. The van der Waals surface area contributed by atoms with Crippen LogP contribution in [0.3, 0.4) is 0 Å². The number of hydrogen-bond acceptors (Lipinski definition) is 2. The molecule has 0 aliphatic heterocycles. The van der Waals surface area contributed by atoms with E-state index >= 15 is 0 Å². The topological polar surface area (TPSA) is 26.3 Å². The van der Waals surface area contributed by atoms with Crippen molar-refractivity contribution in [3.05, 3.63) is 83.8 Å². The highest BCUT2D eigenvalue weighted by atomic mass is 16.4. The summed E-state index contributed by atoms with van der Waals surface area (Å²) in [6, 6.07) is 23.4. The van der Waals surface area contributed by atoms with Crippen LogP contribution in [-0.2, 0) is 0 Å². The number of benzene rings is 3. The molecule has 0 radical (unpaired) electrons. The smallest absolute Gasteiger partial charge is 0.146 e. The molecular formula is C25H20O2. The lowest BCUT2D eigenvalue weighted by atomic mass is 9.90. The number of hydrogen-bond donors (Lipinski definition) is 0. The minimum atomic E-state index is 0.846. The van der Waals surface area contributed by atoms with E-state index in [4.69, 9.17) is 8.83 Å². The summed E-state index contributed by atoms with van der Waals surface area (Å²) < 4.78 is 12.2. The van der Waals surface area contributed by atoms with Gasteiger partial charge in [-0.1, -0.05) is 54.1 Å². The minimum absolute atomic E-state index is 0.846. The van der Waals surface area contributed by atoms with E-state index in [1.807, 2.05) is 26.0 Å². The van der Waals surface area contributed by atoms with Crippen molar-refractivity contribution in [2.45, 2.75) is 20.8 Å². The van der Waals surface area contributed by atoms with E-state index in [-0.39, 0.29) is 0 Å². The van der Waals surface area contributed by atoms with E-state index in [1.54, 1.807) is 0 Å². The second kappa shape index (κ2) is 5.88. The van der Waals surface area contributed by atoms with Crippen molar-refractivity contribution in [3.8, 4) is 22.5 Å². The normalized spacial score (nSPS) is 11.5. The maximum atomic E-state index is 6.20. The fourth-order valence-corrected chi connectivity index (χ4v) is 3.92. The molecule has 5 aromatic rings. The van der Waals surface area contributed by atoms with Crippen LogP contribution in [0.15, 0.2) is 75.6 Å². The fraction of sp³-hybridized carbons (Fsp3) is 0.120. The quantitative estimate of drug-likeness (QED) is 0.330. The molecule has 2 nitrogen and oxygen atoms in total. The molecule has 0 saturated carbocycles. The first-order valence-electron chi connectivity index (χ1n) is 9.20. The van der Waals surface area contributed by atoms with E-state index in [2.05, 4.69) is 61.5 Å². The summed E-state index contributed by atoms with van der Waals surface area (Å²) in [4.78, 5) is 0. The van der Waals surface area contributed by atoms with Crippen molar-refractivity contribution in [2.24, 2.45) is 0 Å². The maximum absolute atomic E-state index is 6.20. The first-order valence-corrected chi connectivity index (χ1v) is 9.20. The largest absolute Gasteiger partial charge is 0.461 e. The van der Waals surface area contributed by atoms with Crippen LogP contribution in [0.5, 0.6) is 0 Å². The van der Waals surface area contributed by atoms with E-state index in [0.717, 1.165) is 39.2 Å². The second-order valence-corrected chi connectivity index (χ2v) is 7.17. The summed E-state index contributed by atoms with van der Waals surface area (Å²) >= 11 is 0. The van der Waals surface area contributed by atoms with E-state index in [0.29, 0.717) is 0 Å². The number of aryl methyl sites for hydroxylation is 3. The van der Waals surface area contributed by atoms with Gasteiger partial charge in [0.1, 0.15) is 22.9 Å². The number of furan rings is 2. The van der Waals surface area contributed by atoms with Crippen LogP contribution in [0.2, 0.25) is 0 Å². The van der Waals surface area contributed by atoms with E-state index < -0.39 is 0 Å². The van der Waals surface area contributed by atoms with Gasteiger partial charge in [0.15, 0.2) is 0 Å². The molecule has 2 aromatic heterocycles. The summed E-state index contributed by atoms with van der Waals surface area (Å²) in [7, 11) is 0. The maximum Gasteiger partial charge on any atom is 0.146 e. The second-order valence-electron chi connectivity index (χ2n) is 7.17.